The number of benzene rings is 2. The van der Waals surface area contributed by atoms with Crippen molar-refractivity contribution in [3.8, 4) is 0 Å². The van der Waals surface area contributed by atoms with Crippen LogP contribution in [0.2, 0.25) is 0 Å². The van der Waals surface area contributed by atoms with Crippen LogP contribution in [0.25, 0.3) is 0 Å². The number of nitrogens with one attached hydrogen (secondary N) is 2. The first-order valence-corrected chi connectivity index (χ1v) is 9.13. The molecule has 0 unspecified atom stereocenters. The molecule has 0 aliphatic carbocycles. The maximum atomic E-state index is 13.7. The average molecular weight is 378 g/mol. The van der Waals surface area contributed by atoms with Gasteiger partial charge in [0.25, 0.3) is 5.91 Å². The Kier molecular flexibility index (Phi) is 5.99. The maximum Gasteiger partial charge on any atom is 0.270 e. The van der Waals surface area contributed by atoms with Crippen LogP contribution in [0.4, 0.5) is 15.9 Å². The molecule has 2 N–H and O–H groups in total. The van der Waals surface area contributed by atoms with E-state index in [-0.39, 0.29) is 17.4 Å². The van der Waals surface area contributed by atoms with E-state index in [1.807, 2.05) is 26.0 Å². The summed E-state index contributed by atoms with van der Waals surface area (Å²) in [7, 11) is 0. The number of carbonyl (C=O) groups is 1. The number of nitrogens with zero attached hydrogens (tertiary/aromatic N) is 2. The molecule has 144 valence electrons. The van der Waals surface area contributed by atoms with E-state index >= 15 is 0 Å². The quantitative estimate of drug-likeness (QED) is 0.673. The summed E-state index contributed by atoms with van der Waals surface area (Å²) >= 11 is 0. The molecule has 0 bridgehead atoms. The number of hydrogen-bond acceptors (Lipinski definition) is 4. The Labute approximate surface area is 164 Å². The molecule has 2 aromatic carbocycles. The first kappa shape index (κ1) is 19.5. The van der Waals surface area contributed by atoms with Crippen LogP contribution in [0.1, 0.15) is 33.0 Å². The van der Waals surface area contributed by atoms with Crippen LogP contribution in [0.15, 0.2) is 48.5 Å². The first-order chi connectivity index (χ1) is 13.4. The molecule has 5 nitrogen and oxygen atoms in total. The van der Waals surface area contributed by atoms with Crippen LogP contribution < -0.4 is 10.6 Å². The van der Waals surface area contributed by atoms with Crippen molar-refractivity contribution >= 4 is 17.4 Å². The molecule has 0 aliphatic rings. The van der Waals surface area contributed by atoms with E-state index in [0.29, 0.717) is 30.2 Å². The molecule has 0 saturated carbocycles. The third kappa shape index (κ3) is 5.13. The predicted octanol–water partition coefficient (Wildman–Crippen LogP) is 4.26. The third-order valence-electron chi connectivity index (χ3n) is 4.20. The number of hydrogen-bond donors (Lipinski definition) is 2. The van der Waals surface area contributed by atoms with E-state index in [2.05, 4.69) is 26.7 Å². The fourth-order valence-corrected chi connectivity index (χ4v) is 3.05. The van der Waals surface area contributed by atoms with Gasteiger partial charge < -0.3 is 10.6 Å². The van der Waals surface area contributed by atoms with E-state index < -0.39 is 0 Å². The fourth-order valence-electron chi connectivity index (χ4n) is 3.05. The number of anilines is 2. The Morgan fingerprint density at radius 2 is 1.71 bits per heavy atom. The molecule has 1 aromatic heterocycles. The number of amides is 1. The largest absolute Gasteiger partial charge is 0.350 e. The molecule has 0 fully saturated rings. The predicted molar refractivity (Wildman–Crippen MR) is 108 cm³/mol. The van der Waals surface area contributed by atoms with Crippen molar-refractivity contribution in [1.82, 2.24) is 15.3 Å². The summed E-state index contributed by atoms with van der Waals surface area (Å²) < 4.78 is 13.7. The lowest BCUT2D eigenvalue weighted by Gasteiger charge is -2.11. The van der Waals surface area contributed by atoms with Crippen LogP contribution in [-0.2, 0) is 6.42 Å². The molecule has 0 atom stereocenters. The van der Waals surface area contributed by atoms with E-state index in [1.165, 1.54) is 6.07 Å². The minimum absolute atomic E-state index is 0.269. The summed E-state index contributed by atoms with van der Waals surface area (Å²) in [6.45, 7) is 6.11. The molecular weight excluding hydrogens is 355 g/mol. The van der Waals surface area contributed by atoms with Crippen molar-refractivity contribution in [2.45, 2.75) is 27.2 Å². The normalized spacial score (nSPS) is 10.6. The molecule has 3 rings (SSSR count). The summed E-state index contributed by atoms with van der Waals surface area (Å²) in [4.78, 5) is 21.0. The Balaban J connectivity index is 1.68. The standard InChI is InChI=1S/C22H23FN4O/c1-14-10-15(2)12-18(11-14)27-21-13-20(25-16(3)26-21)22(28)24-9-8-17-6-4-5-7-19(17)23/h4-7,10-13H,8-9H2,1-3H3,(H,24,28)(H,25,26,27). The van der Waals surface area contributed by atoms with Crippen LogP contribution in [-0.4, -0.2) is 22.4 Å². The van der Waals surface area contributed by atoms with Crippen molar-refractivity contribution < 1.29 is 9.18 Å². The first-order valence-electron chi connectivity index (χ1n) is 9.13. The molecular formula is C22H23FN4O. The minimum Gasteiger partial charge on any atom is -0.350 e. The second-order valence-electron chi connectivity index (χ2n) is 6.78. The molecule has 0 radical (unpaired) electrons. The molecule has 0 aliphatic heterocycles. The zero-order valence-electron chi connectivity index (χ0n) is 16.2. The van der Waals surface area contributed by atoms with Crippen LogP contribution >= 0.6 is 0 Å². The highest BCUT2D eigenvalue weighted by molar-refractivity contribution is 5.93. The lowest BCUT2D eigenvalue weighted by molar-refractivity contribution is 0.0948. The second kappa shape index (κ2) is 8.61. The van der Waals surface area contributed by atoms with E-state index in [4.69, 9.17) is 0 Å². The Hall–Kier alpha value is -3.28. The van der Waals surface area contributed by atoms with Gasteiger partial charge in [0.15, 0.2) is 0 Å². The zero-order valence-corrected chi connectivity index (χ0v) is 16.2. The number of aryl methyl sites for hydroxylation is 3. The highest BCUT2D eigenvalue weighted by Gasteiger charge is 2.11. The molecule has 0 spiro atoms. The second-order valence-corrected chi connectivity index (χ2v) is 6.78. The van der Waals surface area contributed by atoms with Gasteiger partial charge in [0.1, 0.15) is 23.2 Å². The number of carbonyl (C=O) groups excluding carboxylic acids is 1. The summed E-state index contributed by atoms with van der Waals surface area (Å²) in [5.41, 5.74) is 4.02. The van der Waals surface area contributed by atoms with Gasteiger partial charge in [-0.3, -0.25) is 4.79 Å². The number of halogens is 1. The van der Waals surface area contributed by atoms with Crippen LogP contribution in [0.3, 0.4) is 0 Å². The number of aromatic nitrogens is 2. The van der Waals surface area contributed by atoms with Gasteiger partial charge in [-0.2, -0.15) is 0 Å². The summed E-state index contributed by atoms with van der Waals surface area (Å²) in [5, 5.41) is 6.02. The van der Waals surface area contributed by atoms with Crippen LogP contribution in [0.5, 0.6) is 0 Å². The van der Waals surface area contributed by atoms with Gasteiger partial charge in [0.2, 0.25) is 0 Å². The SMILES string of the molecule is Cc1cc(C)cc(Nc2cc(C(=O)NCCc3ccccc3F)nc(C)n2)c1. The fraction of sp³-hybridized carbons (Fsp3) is 0.227. The Morgan fingerprint density at radius 3 is 2.43 bits per heavy atom. The molecule has 3 aromatic rings. The Morgan fingerprint density at radius 1 is 1.00 bits per heavy atom. The molecule has 1 amide bonds. The highest BCUT2D eigenvalue weighted by atomic mass is 19.1. The highest BCUT2D eigenvalue weighted by Crippen LogP contribution is 2.19. The van der Waals surface area contributed by atoms with Gasteiger partial charge in [0.05, 0.1) is 0 Å². The van der Waals surface area contributed by atoms with Crippen molar-refractivity contribution in [3.63, 3.8) is 0 Å². The Bertz CT molecular complexity index is 983. The maximum absolute atomic E-state index is 13.7. The van der Waals surface area contributed by atoms with Crippen molar-refractivity contribution in [2.24, 2.45) is 0 Å². The molecule has 0 saturated heterocycles. The summed E-state index contributed by atoms with van der Waals surface area (Å²) in [6.07, 6.45) is 0.413. The van der Waals surface area contributed by atoms with Crippen molar-refractivity contribution in [1.29, 1.82) is 0 Å². The van der Waals surface area contributed by atoms with Crippen molar-refractivity contribution in [2.75, 3.05) is 11.9 Å². The van der Waals surface area contributed by atoms with E-state index in [9.17, 15) is 9.18 Å². The monoisotopic (exact) mass is 378 g/mol. The van der Waals surface area contributed by atoms with Crippen LogP contribution in [0, 0.1) is 26.6 Å². The zero-order chi connectivity index (χ0) is 20.1. The third-order valence-corrected chi connectivity index (χ3v) is 4.20. The van der Waals surface area contributed by atoms with Gasteiger partial charge >= 0.3 is 0 Å². The van der Waals surface area contributed by atoms with Crippen molar-refractivity contribution in [3.05, 3.63) is 82.6 Å². The van der Waals surface area contributed by atoms with E-state index in [1.54, 1.807) is 31.2 Å². The molecule has 1 heterocycles. The minimum atomic E-state index is -0.315. The molecule has 6 heteroatoms. The topological polar surface area (TPSA) is 66.9 Å². The lowest BCUT2D eigenvalue weighted by atomic mass is 10.1. The van der Waals surface area contributed by atoms with Gasteiger partial charge in [-0.05, 0) is 62.1 Å². The number of rotatable bonds is 6. The lowest BCUT2D eigenvalue weighted by Crippen LogP contribution is -2.27. The van der Waals surface area contributed by atoms with E-state index in [0.717, 1.165) is 16.8 Å². The van der Waals surface area contributed by atoms with Gasteiger partial charge in [0, 0.05) is 18.3 Å². The smallest absolute Gasteiger partial charge is 0.270 e. The van der Waals surface area contributed by atoms with Gasteiger partial charge in [-0.1, -0.05) is 24.3 Å². The summed E-state index contributed by atoms with van der Waals surface area (Å²) in [5.74, 6) is 0.463. The molecule has 28 heavy (non-hydrogen) atoms. The average Bonchev–Trinajstić information content (AvgIpc) is 2.62. The van der Waals surface area contributed by atoms with Gasteiger partial charge in [-0.15, -0.1) is 0 Å². The summed E-state index contributed by atoms with van der Waals surface area (Å²) in [6, 6.07) is 14.3. The van der Waals surface area contributed by atoms with Gasteiger partial charge in [-0.25, -0.2) is 14.4 Å².